The standard InChI is InChI=1S/C24H27FN2O4/c1-17(28)31-22-4-2-3-20(15-22)24(30)26-16-19-11-13-27(14-12-19)23(29)10-7-18-5-8-21(25)9-6-18/h2-6,8-9,15,19H,7,10-14,16H2,1H3,(H,26,30). The van der Waals surface area contributed by atoms with Gasteiger partial charge in [-0.3, -0.25) is 14.4 Å². The van der Waals surface area contributed by atoms with E-state index >= 15 is 0 Å². The second-order valence-corrected chi connectivity index (χ2v) is 7.78. The molecular weight excluding hydrogens is 399 g/mol. The van der Waals surface area contributed by atoms with E-state index in [0.717, 1.165) is 18.4 Å². The summed E-state index contributed by atoms with van der Waals surface area (Å²) in [5.41, 5.74) is 1.39. The molecule has 0 aliphatic carbocycles. The number of likely N-dealkylation sites (tertiary alicyclic amines) is 1. The van der Waals surface area contributed by atoms with Crippen molar-refractivity contribution in [2.45, 2.75) is 32.6 Å². The molecule has 2 aromatic carbocycles. The minimum Gasteiger partial charge on any atom is -0.427 e. The van der Waals surface area contributed by atoms with Crippen LogP contribution >= 0.6 is 0 Å². The number of amides is 2. The predicted octanol–water partition coefficient (Wildman–Crippen LogP) is 3.35. The molecule has 2 aromatic rings. The zero-order valence-electron chi connectivity index (χ0n) is 17.6. The molecule has 1 N–H and O–H groups in total. The molecule has 0 radical (unpaired) electrons. The van der Waals surface area contributed by atoms with Gasteiger partial charge in [-0.1, -0.05) is 18.2 Å². The van der Waals surface area contributed by atoms with Gasteiger partial charge in [-0.15, -0.1) is 0 Å². The van der Waals surface area contributed by atoms with Crippen LogP contribution in [0.25, 0.3) is 0 Å². The van der Waals surface area contributed by atoms with E-state index in [1.165, 1.54) is 19.1 Å². The van der Waals surface area contributed by atoms with Crippen molar-refractivity contribution in [2.24, 2.45) is 5.92 Å². The molecule has 1 saturated heterocycles. The Morgan fingerprint density at radius 2 is 1.81 bits per heavy atom. The van der Waals surface area contributed by atoms with E-state index in [-0.39, 0.29) is 17.6 Å². The van der Waals surface area contributed by atoms with Gasteiger partial charge in [0.1, 0.15) is 11.6 Å². The molecule has 31 heavy (non-hydrogen) atoms. The van der Waals surface area contributed by atoms with Gasteiger partial charge in [0, 0.05) is 38.5 Å². The quantitative estimate of drug-likeness (QED) is 0.544. The molecule has 0 atom stereocenters. The highest BCUT2D eigenvalue weighted by molar-refractivity contribution is 5.94. The van der Waals surface area contributed by atoms with Crippen molar-refractivity contribution in [3.8, 4) is 5.75 Å². The number of esters is 1. The number of aryl methyl sites for hydroxylation is 1. The summed E-state index contributed by atoms with van der Waals surface area (Å²) in [6.45, 7) is 3.19. The molecular formula is C24H27FN2O4. The summed E-state index contributed by atoms with van der Waals surface area (Å²) in [6.07, 6.45) is 2.67. The van der Waals surface area contributed by atoms with Gasteiger partial charge >= 0.3 is 5.97 Å². The average Bonchev–Trinajstić information content (AvgIpc) is 2.77. The maximum atomic E-state index is 13.0. The molecule has 0 bridgehead atoms. The predicted molar refractivity (Wildman–Crippen MR) is 114 cm³/mol. The van der Waals surface area contributed by atoms with Crippen molar-refractivity contribution < 1.29 is 23.5 Å². The molecule has 0 unspecified atom stereocenters. The molecule has 1 aliphatic heterocycles. The lowest BCUT2D eigenvalue weighted by atomic mass is 9.96. The Labute approximate surface area is 181 Å². The Kier molecular flexibility index (Phi) is 7.76. The van der Waals surface area contributed by atoms with Crippen LogP contribution in [0.5, 0.6) is 5.75 Å². The van der Waals surface area contributed by atoms with Crippen LogP contribution in [0.2, 0.25) is 0 Å². The zero-order chi connectivity index (χ0) is 22.2. The number of halogens is 1. The maximum Gasteiger partial charge on any atom is 0.308 e. The minimum absolute atomic E-state index is 0.106. The summed E-state index contributed by atoms with van der Waals surface area (Å²) in [6, 6.07) is 12.7. The third kappa shape index (κ3) is 6.91. The fourth-order valence-electron chi connectivity index (χ4n) is 3.65. The lowest BCUT2D eigenvalue weighted by Gasteiger charge is -2.32. The maximum absolute atomic E-state index is 13.0. The van der Waals surface area contributed by atoms with Crippen LogP contribution in [0.15, 0.2) is 48.5 Å². The Morgan fingerprint density at radius 1 is 1.10 bits per heavy atom. The monoisotopic (exact) mass is 426 g/mol. The lowest BCUT2D eigenvalue weighted by molar-refractivity contribution is -0.133. The minimum atomic E-state index is -0.434. The van der Waals surface area contributed by atoms with Crippen LogP contribution < -0.4 is 10.1 Å². The SMILES string of the molecule is CC(=O)Oc1cccc(C(=O)NCC2CCN(C(=O)CCc3ccc(F)cc3)CC2)c1. The molecule has 1 fully saturated rings. The zero-order valence-corrected chi connectivity index (χ0v) is 17.6. The van der Waals surface area contributed by atoms with Gasteiger partial charge in [0.2, 0.25) is 5.91 Å². The number of hydrogen-bond donors (Lipinski definition) is 1. The molecule has 0 spiro atoms. The highest BCUT2D eigenvalue weighted by Crippen LogP contribution is 2.19. The summed E-state index contributed by atoms with van der Waals surface area (Å²) in [5.74, 6) is -0.173. The number of hydrogen-bond acceptors (Lipinski definition) is 4. The lowest BCUT2D eigenvalue weighted by Crippen LogP contribution is -2.41. The van der Waals surface area contributed by atoms with Crippen LogP contribution in [0, 0.1) is 11.7 Å². The first kappa shape index (κ1) is 22.5. The molecule has 6 nitrogen and oxygen atoms in total. The summed E-state index contributed by atoms with van der Waals surface area (Å²) in [5, 5.41) is 2.93. The van der Waals surface area contributed by atoms with Crippen LogP contribution in [-0.2, 0) is 16.0 Å². The number of piperidine rings is 1. The second-order valence-electron chi connectivity index (χ2n) is 7.78. The molecule has 0 aromatic heterocycles. The first-order chi connectivity index (χ1) is 14.9. The number of ether oxygens (including phenoxy) is 1. The molecule has 1 aliphatic rings. The highest BCUT2D eigenvalue weighted by Gasteiger charge is 2.23. The third-order valence-electron chi connectivity index (χ3n) is 5.42. The van der Waals surface area contributed by atoms with Crippen LogP contribution in [0.1, 0.15) is 42.1 Å². The van der Waals surface area contributed by atoms with E-state index in [1.54, 1.807) is 36.4 Å². The highest BCUT2D eigenvalue weighted by atomic mass is 19.1. The van der Waals surface area contributed by atoms with E-state index < -0.39 is 5.97 Å². The fourth-order valence-corrected chi connectivity index (χ4v) is 3.65. The summed E-state index contributed by atoms with van der Waals surface area (Å²) in [7, 11) is 0. The first-order valence-electron chi connectivity index (χ1n) is 10.5. The van der Waals surface area contributed by atoms with Gasteiger partial charge in [0.25, 0.3) is 5.91 Å². The van der Waals surface area contributed by atoms with Gasteiger partial charge in [0.05, 0.1) is 0 Å². The van der Waals surface area contributed by atoms with Crippen LogP contribution in [0.4, 0.5) is 4.39 Å². The smallest absolute Gasteiger partial charge is 0.308 e. The fraction of sp³-hybridized carbons (Fsp3) is 0.375. The topological polar surface area (TPSA) is 75.7 Å². The van der Waals surface area contributed by atoms with E-state index in [4.69, 9.17) is 4.74 Å². The van der Waals surface area contributed by atoms with Gasteiger partial charge in [-0.05, 0) is 61.1 Å². The van der Waals surface area contributed by atoms with Crippen molar-refractivity contribution in [2.75, 3.05) is 19.6 Å². The first-order valence-corrected chi connectivity index (χ1v) is 10.5. The van der Waals surface area contributed by atoms with Gasteiger partial charge in [0.15, 0.2) is 0 Å². The van der Waals surface area contributed by atoms with E-state index in [2.05, 4.69) is 5.32 Å². The van der Waals surface area contributed by atoms with Crippen molar-refractivity contribution >= 4 is 17.8 Å². The Hall–Kier alpha value is -3.22. The van der Waals surface area contributed by atoms with Crippen molar-refractivity contribution in [1.82, 2.24) is 10.2 Å². The number of nitrogens with one attached hydrogen (secondary N) is 1. The van der Waals surface area contributed by atoms with Crippen molar-refractivity contribution in [1.29, 1.82) is 0 Å². The van der Waals surface area contributed by atoms with Crippen molar-refractivity contribution in [3.63, 3.8) is 0 Å². The Bertz CT molecular complexity index is 921. The Morgan fingerprint density at radius 3 is 2.48 bits per heavy atom. The summed E-state index contributed by atoms with van der Waals surface area (Å²) >= 11 is 0. The molecule has 2 amide bonds. The number of nitrogens with zero attached hydrogens (tertiary/aromatic N) is 1. The molecule has 164 valence electrons. The molecule has 1 heterocycles. The average molecular weight is 426 g/mol. The van der Waals surface area contributed by atoms with E-state index in [9.17, 15) is 18.8 Å². The molecule has 3 rings (SSSR count). The number of carbonyl (C=O) groups is 3. The van der Waals surface area contributed by atoms with E-state index in [0.29, 0.717) is 49.7 Å². The largest absolute Gasteiger partial charge is 0.427 e. The number of rotatable bonds is 7. The normalized spacial score (nSPS) is 14.2. The number of benzene rings is 2. The second kappa shape index (κ2) is 10.7. The summed E-state index contributed by atoms with van der Waals surface area (Å²) < 4.78 is 18.0. The van der Waals surface area contributed by atoms with Gasteiger partial charge < -0.3 is 15.0 Å². The van der Waals surface area contributed by atoms with Gasteiger partial charge in [-0.25, -0.2) is 4.39 Å². The molecule has 7 heteroatoms. The van der Waals surface area contributed by atoms with Gasteiger partial charge in [-0.2, -0.15) is 0 Å². The molecule has 0 saturated carbocycles. The number of carbonyl (C=O) groups excluding carboxylic acids is 3. The van der Waals surface area contributed by atoms with Crippen LogP contribution in [-0.4, -0.2) is 42.3 Å². The third-order valence-corrected chi connectivity index (χ3v) is 5.42. The summed E-state index contributed by atoms with van der Waals surface area (Å²) in [4.78, 5) is 37.8. The Balaban J connectivity index is 1.39. The van der Waals surface area contributed by atoms with E-state index in [1.807, 2.05) is 4.90 Å². The van der Waals surface area contributed by atoms with Crippen molar-refractivity contribution in [3.05, 3.63) is 65.5 Å². The van der Waals surface area contributed by atoms with Crippen LogP contribution in [0.3, 0.4) is 0 Å².